The van der Waals surface area contributed by atoms with Crippen LogP contribution in [0.1, 0.15) is 17.5 Å². The third kappa shape index (κ3) is 3.02. The van der Waals surface area contributed by atoms with Crippen molar-refractivity contribution in [3.63, 3.8) is 0 Å². The summed E-state index contributed by atoms with van der Waals surface area (Å²) in [5.41, 5.74) is 3.85. The van der Waals surface area contributed by atoms with Crippen molar-refractivity contribution in [2.24, 2.45) is 11.8 Å². The molecule has 25 heavy (non-hydrogen) atoms. The fraction of sp³-hybridized carbons (Fsp3) is 0.300. The van der Waals surface area contributed by atoms with E-state index in [1.54, 1.807) is 12.1 Å². The molecule has 2 atom stereocenters. The molecular formula is C20H19ClN2O2. The normalized spacial score (nSPS) is 21.0. The van der Waals surface area contributed by atoms with Crippen LogP contribution in [-0.2, 0) is 16.0 Å². The monoisotopic (exact) mass is 354 g/mol. The van der Waals surface area contributed by atoms with Gasteiger partial charge in [0.2, 0.25) is 11.8 Å². The van der Waals surface area contributed by atoms with Crippen LogP contribution in [-0.4, -0.2) is 18.4 Å². The zero-order valence-corrected chi connectivity index (χ0v) is 14.7. The first-order valence-electron chi connectivity index (χ1n) is 8.51. The summed E-state index contributed by atoms with van der Waals surface area (Å²) in [4.78, 5) is 27.1. The van der Waals surface area contributed by atoms with Gasteiger partial charge in [0.05, 0.1) is 11.8 Å². The van der Waals surface area contributed by atoms with E-state index in [1.165, 1.54) is 5.56 Å². The molecule has 0 saturated heterocycles. The van der Waals surface area contributed by atoms with E-state index in [-0.39, 0.29) is 23.7 Å². The van der Waals surface area contributed by atoms with Gasteiger partial charge in [-0.25, -0.2) is 0 Å². The molecule has 5 heteroatoms. The standard InChI is InChI=1S/C20H19ClN2O2/c1-12-6-7-14(21)10-17(12)22-19(24)15-11-16(15)20(25)23-9-8-13-4-2-3-5-18(13)23/h2-7,10,15-16H,8-9,11H2,1H3,(H,22,24). The number of nitrogens with zero attached hydrogens (tertiary/aromatic N) is 1. The van der Waals surface area contributed by atoms with E-state index in [1.807, 2.05) is 36.1 Å². The van der Waals surface area contributed by atoms with Gasteiger partial charge in [0, 0.05) is 22.9 Å². The van der Waals surface area contributed by atoms with E-state index >= 15 is 0 Å². The first kappa shape index (κ1) is 16.2. The number of benzene rings is 2. The number of hydrogen-bond donors (Lipinski definition) is 1. The van der Waals surface area contributed by atoms with E-state index in [9.17, 15) is 9.59 Å². The lowest BCUT2D eigenvalue weighted by Crippen LogP contribution is -2.32. The van der Waals surface area contributed by atoms with Gasteiger partial charge in [-0.15, -0.1) is 0 Å². The highest BCUT2D eigenvalue weighted by molar-refractivity contribution is 6.31. The molecule has 0 bridgehead atoms. The number of carbonyl (C=O) groups excluding carboxylic acids is 2. The van der Waals surface area contributed by atoms with Crippen molar-refractivity contribution in [2.75, 3.05) is 16.8 Å². The third-order valence-electron chi connectivity index (χ3n) is 5.06. The van der Waals surface area contributed by atoms with Gasteiger partial charge < -0.3 is 10.2 Å². The Balaban J connectivity index is 1.43. The minimum atomic E-state index is -0.251. The number of para-hydroxylation sites is 1. The number of carbonyl (C=O) groups is 2. The zero-order valence-electron chi connectivity index (χ0n) is 14.0. The maximum atomic E-state index is 12.8. The fourth-order valence-electron chi connectivity index (χ4n) is 3.48. The van der Waals surface area contributed by atoms with Gasteiger partial charge in [-0.2, -0.15) is 0 Å². The van der Waals surface area contributed by atoms with Gasteiger partial charge in [0.15, 0.2) is 0 Å². The molecule has 1 heterocycles. The van der Waals surface area contributed by atoms with Crippen LogP contribution in [0.3, 0.4) is 0 Å². The van der Waals surface area contributed by atoms with E-state index in [2.05, 4.69) is 11.4 Å². The second-order valence-electron chi connectivity index (χ2n) is 6.77. The number of rotatable bonds is 3. The van der Waals surface area contributed by atoms with E-state index in [4.69, 9.17) is 11.6 Å². The van der Waals surface area contributed by atoms with Crippen molar-refractivity contribution >= 4 is 34.8 Å². The van der Waals surface area contributed by atoms with E-state index < -0.39 is 0 Å². The molecule has 4 nitrogen and oxygen atoms in total. The summed E-state index contributed by atoms with van der Waals surface area (Å²) < 4.78 is 0. The molecule has 1 saturated carbocycles. The number of aryl methyl sites for hydroxylation is 1. The van der Waals surface area contributed by atoms with Gasteiger partial charge in [-0.05, 0) is 49.1 Å². The van der Waals surface area contributed by atoms with Gasteiger partial charge in [0.1, 0.15) is 0 Å². The second kappa shape index (κ2) is 6.19. The Hall–Kier alpha value is -2.33. The Morgan fingerprint density at radius 2 is 1.96 bits per heavy atom. The van der Waals surface area contributed by atoms with Crippen LogP contribution in [0.15, 0.2) is 42.5 Å². The number of anilines is 2. The first-order valence-corrected chi connectivity index (χ1v) is 8.88. The van der Waals surface area contributed by atoms with Crippen LogP contribution >= 0.6 is 11.6 Å². The van der Waals surface area contributed by atoms with Crippen molar-refractivity contribution in [3.8, 4) is 0 Å². The average Bonchev–Trinajstić information content (AvgIpc) is 3.30. The number of hydrogen-bond acceptors (Lipinski definition) is 2. The van der Waals surface area contributed by atoms with E-state index in [0.717, 1.165) is 17.7 Å². The zero-order chi connectivity index (χ0) is 17.6. The van der Waals surface area contributed by atoms with Crippen molar-refractivity contribution < 1.29 is 9.59 Å². The number of halogens is 1. The maximum Gasteiger partial charge on any atom is 0.230 e. The molecule has 2 unspecified atom stereocenters. The molecule has 1 N–H and O–H groups in total. The van der Waals surface area contributed by atoms with E-state index in [0.29, 0.717) is 23.7 Å². The fourth-order valence-corrected chi connectivity index (χ4v) is 3.65. The van der Waals surface area contributed by atoms with Crippen LogP contribution in [0.25, 0.3) is 0 Å². The lowest BCUT2D eigenvalue weighted by atomic mass is 10.1. The average molecular weight is 355 g/mol. The summed E-state index contributed by atoms with van der Waals surface area (Å²) in [7, 11) is 0. The Morgan fingerprint density at radius 1 is 1.16 bits per heavy atom. The molecule has 1 aliphatic heterocycles. The van der Waals surface area contributed by atoms with Gasteiger partial charge in [0.25, 0.3) is 0 Å². The second-order valence-corrected chi connectivity index (χ2v) is 7.20. The molecule has 2 aromatic rings. The molecule has 0 aromatic heterocycles. The molecule has 2 aliphatic rings. The minimum Gasteiger partial charge on any atom is -0.326 e. The van der Waals surface area contributed by atoms with Crippen LogP contribution in [0.5, 0.6) is 0 Å². The van der Waals surface area contributed by atoms with Crippen LogP contribution in [0.2, 0.25) is 5.02 Å². The first-order chi connectivity index (χ1) is 12.0. The molecule has 1 fully saturated rings. The van der Waals surface area contributed by atoms with Gasteiger partial charge in [-0.3, -0.25) is 9.59 Å². The molecule has 4 rings (SSSR count). The van der Waals surface area contributed by atoms with Crippen molar-refractivity contribution in [2.45, 2.75) is 19.8 Å². The predicted octanol–water partition coefficient (Wildman–Crippen LogP) is 3.81. The minimum absolute atomic E-state index is 0.0629. The summed E-state index contributed by atoms with van der Waals surface area (Å²) >= 11 is 6.00. The molecule has 2 amide bonds. The quantitative estimate of drug-likeness (QED) is 0.911. The maximum absolute atomic E-state index is 12.8. The molecule has 128 valence electrons. The lowest BCUT2D eigenvalue weighted by Gasteiger charge is -2.17. The van der Waals surface area contributed by atoms with Gasteiger partial charge >= 0.3 is 0 Å². The highest BCUT2D eigenvalue weighted by Crippen LogP contribution is 2.43. The molecule has 0 radical (unpaired) electrons. The Bertz CT molecular complexity index is 865. The highest BCUT2D eigenvalue weighted by Gasteiger charge is 2.50. The highest BCUT2D eigenvalue weighted by atomic mass is 35.5. The largest absolute Gasteiger partial charge is 0.326 e. The summed E-state index contributed by atoms with van der Waals surface area (Å²) in [6.07, 6.45) is 1.50. The summed E-state index contributed by atoms with van der Waals surface area (Å²) in [5, 5.41) is 3.49. The summed E-state index contributed by atoms with van der Waals surface area (Å²) in [5.74, 6) is -0.506. The van der Waals surface area contributed by atoms with Crippen molar-refractivity contribution in [3.05, 3.63) is 58.6 Å². The number of amides is 2. The molecule has 1 aliphatic carbocycles. The summed E-state index contributed by atoms with van der Waals surface area (Å²) in [6, 6.07) is 13.4. The van der Waals surface area contributed by atoms with Crippen LogP contribution in [0.4, 0.5) is 11.4 Å². The predicted molar refractivity (Wildman–Crippen MR) is 98.9 cm³/mol. The molecule has 0 spiro atoms. The molecule has 2 aromatic carbocycles. The summed E-state index contributed by atoms with van der Waals surface area (Å²) in [6.45, 7) is 2.62. The SMILES string of the molecule is Cc1ccc(Cl)cc1NC(=O)C1CC1C(=O)N1CCc2ccccc21. The Labute approximate surface area is 151 Å². The third-order valence-corrected chi connectivity index (χ3v) is 5.29. The number of fused-ring (bicyclic) bond motifs is 1. The van der Waals surface area contributed by atoms with Gasteiger partial charge in [-0.1, -0.05) is 35.9 Å². The van der Waals surface area contributed by atoms with Crippen LogP contribution in [0, 0.1) is 18.8 Å². The van der Waals surface area contributed by atoms with Crippen molar-refractivity contribution in [1.82, 2.24) is 0 Å². The smallest absolute Gasteiger partial charge is 0.230 e. The van der Waals surface area contributed by atoms with Crippen molar-refractivity contribution in [1.29, 1.82) is 0 Å². The lowest BCUT2D eigenvalue weighted by molar-refractivity contribution is -0.123. The van der Waals surface area contributed by atoms with Crippen LogP contribution < -0.4 is 10.2 Å². The Kier molecular flexibility index (Phi) is 4.00. The topological polar surface area (TPSA) is 49.4 Å². The Morgan fingerprint density at radius 3 is 2.80 bits per heavy atom. The molecular weight excluding hydrogens is 336 g/mol. The number of nitrogens with one attached hydrogen (secondary N) is 1.